The lowest BCUT2D eigenvalue weighted by molar-refractivity contribution is -0.137. The number of anilines is 1. The van der Waals surface area contributed by atoms with Crippen LogP contribution in [0, 0.1) is 5.92 Å². The molecule has 38 heavy (non-hydrogen) atoms. The number of nitrogens with one attached hydrogen (secondary N) is 2. The molecule has 2 fully saturated rings. The zero-order valence-corrected chi connectivity index (χ0v) is 22.9. The minimum atomic E-state index is -4.62. The van der Waals surface area contributed by atoms with Gasteiger partial charge in [0.15, 0.2) is 0 Å². The van der Waals surface area contributed by atoms with Gasteiger partial charge in [0.2, 0.25) is 5.95 Å². The van der Waals surface area contributed by atoms with Crippen LogP contribution in [0.1, 0.15) is 49.8 Å². The second-order valence-corrected chi connectivity index (χ2v) is 11.2. The molecule has 3 unspecified atom stereocenters. The first-order chi connectivity index (χ1) is 18.2. The highest BCUT2D eigenvalue weighted by Gasteiger charge is 2.36. The van der Waals surface area contributed by atoms with E-state index in [0.29, 0.717) is 16.6 Å². The molecule has 1 aromatic carbocycles. The highest BCUT2D eigenvalue weighted by atomic mass is 35.5. The zero-order valence-electron chi connectivity index (χ0n) is 21.3. The van der Waals surface area contributed by atoms with Gasteiger partial charge in [0.25, 0.3) is 0 Å². The van der Waals surface area contributed by atoms with E-state index in [0.717, 1.165) is 57.1 Å². The molecular weight excluding hydrogens is 535 g/mol. The SMILES string of the molecule is CSN1CCC(Nc2ncc(C(F)(F)F)c(-c3cn(-c4ccc(C5CCCCN5)cc4Cl)cn3)n2)C(C)C1. The molecule has 7 nitrogen and oxygen atoms in total. The maximum absolute atomic E-state index is 13.9. The Morgan fingerprint density at radius 2 is 2.03 bits per heavy atom. The molecule has 3 aromatic rings. The van der Waals surface area contributed by atoms with Crippen molar-refractivity contribution in [2.24, 2.45) is 5.92 Å². The lowest BCUT2D eigenvalue weighted by Gasteiger charge is -2.35. The fraction of sp³-hybridized carbons (Fsp3) is 0.500. The number of benzene rings is 1. The van der Waals surface area contributed by atoms with Gasteiger partial charge in [0.1, 0.15) is 23.3 Å². The molecule has 12 heteroatoms. The van der Waals surface area contributed by atoms with E-state index in [1.165, 1.54) is 12.5 Å². The zero-order chi connectivity index (χ0) is 26.9. The average Bonchev–Trinajstić information content (AvgIpc) is 3.39. The van der Waals surface area contributed by atoms with Crippen LogP contribution < -0.4 is 10.6 Å². The highest BCUT2D eigenvalue weighted by Crippen LogP contribution is 2.37. The van der Waals surface area contributed by atoms with Crippen molar-refractivity contribution < 1.29 is 13.2 Å². The topological polar surface area (TPSA) is 70.9 Å². The Labute approximate surface area is 229 Å². The lowest BCUT2D eigenvalue weighted by Crippen LogP contribution is -2.42. The summed E-state index contributed by atoms with van der Waals surface area (Å²) in [4.78, 5) is 12.6. The molecule has 0 saturated carbocycles. The number of aromatic nitrogens is 4. The van der Waals surface area contributed by atoms with E-state index >= 15 is 0 Å². The molecule has 2 aromatic heterocycles. The first-order valence-electron chi connectivity index (χ1n) is 12.8. The molecule has 2 aliphatic rings. The maximum atomic E-state index is 13.9. The largest absolute Gasteiger partial charge is 0.420 e. The molecule has 0 aliphatic carbocycles. The predicted molar refractivity (Wildman–Crippen MR) is 145 cm³/mol. The maximum Gasteiger partial charge on any atom is 0.420 e. The number of halogens is 4. The van der Waals surface area contributed by atoms with E-state index in [1.54, 1.807) is 16.5 Å². The first-order valence-corrected chi connectivity index (χ1v) is 14.4. The summed E-state index contributed by atoms with van der Waals surface area (Å²) in [5.74, 6) is 0.457. The summed E-state index contributed by atoms with van der Waals surface area (Å²) >= 11 is 8.31. The van der Waals surface area contributed by atoms with E-state index in [2.05, 4.69) is 36.8 Å². The third-order valence-corrected chi connectivity index (χ3v) is 8.47. The standard InChI is InChI=1S/C26H31ClF3N7S/c1-16-13-37(38-2)10-8-20(16)34-25-32-12-18(26(28,29)30)24(35-25)22-14-36(15-33-22)23-7-6-17(11-19(23)27)21-5-3-4-9-31-21/h6-7,11-12,14-16,20-21,31H,3-5,8-10,13H2,1-2H3,(H,32,34,35). The first kappa shape index (κ1) is 27.2. The Morgan fingerprint density at radius 3 is 2.71 bits per heavy atom. The third-order valence-electron chi connectivity index (χ3n) is 7.32. The average molecular weight is 566 g/mol. The van der Waals surface area contributed by atoms with Crippen LogP contribution >= 0.6 is 23.5 Å². The second kappa shape index (κ2) is 11.4. The predicted octanol–water partition coefficient (Wildman–Crippen LogP) is 6.22. The highest BCUT2D eigenvalue weighted by molar-refractivity contribution is 7.96. The van der Waals surface area contributed by atoms with E-state index in [9.17, 15) is 13.2 Å². The summed E-state index contributed by atoms with van der Waals surface area (Å²) in [6.45, 7) is 4.86. The van der Waals surface area contributed by atoms with Gasteiger partial charge in [-0.05, 0) is 55.7 Å². The van der Waals surface area contributed by atoms with Gasteiger partial charge in [-0.3, -0.25) is 4.31 Å². The summed E-state index contributed by atoms with van der Waals surface area (Å²) in [5.41, 5.74) is 0.648. The van der Waals surface area contributed by atoms with Gasteiger partial charge in [-0.25, -0.2) is 15.0 Å². The Hall–Kier alpha value is -2.34. The summed E-state index contributed by atoms with van der Waals surface area (Å²) in [5, 5.41) is 7.27. The summed E-state index contributed by atoms with van der Waals surface area (Å²) < 4.78 is 45.6. The molecule has 0 spiro atoms. The molecule has 2 saturated heterocycles. The van der Waals surface area contributed by atoms with E-state index in [4.69, 9.17) is 11.6 Å². The van der Waals surface area contributed by atoms with Crippen molar-refractivity contribution in [3.8, 4) is 17.1 Å². The molecular formula is C26H31ClF3N7S. The summed E-state index contributed by atoms with van der Waals surface area (Å²) in [7, 11) is 0. The summed E-state index contributed by atoms with van der Waals surface area (Å²) in [6, 6.07) is 6.11. The van der Waals surface area contributed by atoms with Crippen LogP contribution in [-0.2, 0) is 6.18 Å². The Bertz CT molecular complexity index is 1260. The second-order valence-electron chi connectivity index (χ2n) is 9.92. The molecule has 0 radical (unpaired) electrons. The molecule has 2 N–H and O–H groups in total. The normalized spacial score (nSPS) is 22.9. The third kappa shape index (κ3) is 5.95. The molecule has 5 rings (SSSR count). The number of rotatable bonds is 6. The number of hydrogen-bond acceptors (Lipinski definition) is 7. The summed E-state index contributed by atoms with van der Waals surface area (Å²) in [6.07, 6.45) is 5.47. The fourth-order valence-corrected chi connectivity index (χ4v) is 6.13. The van der Waals surface area contributed by atoms with Crippen molar-refractivity contribution in [3.05, 3.63) is 53.1 Å². The quantitative estimate of drug-likeness (QED) is 0.344. The Morgan fingerprint density at radius 1 is 1.18 bits per heavy atom. The molecule has 2 aliphatic heterocycles. The van der Waals surface area contributed by atoms with Crippen molar-refractivity contribution in [2.75, 3.05) is 31.2 Å². The van der Waals surface area contributed by atoms with Gasteiger partial charge in [-0.15, -0.1) is 0 Å². The van der Waals surface area contributed by atoms with Crippen molar-refractivity contribution in [2.45, 2.75) is 50.9 Å². The van der Waals surface area contributed by atoms with E-state index in [1.807, 2.05) is 24.5 Å². The molecule has 204 valence electrons. The number of hydrogen-bond donors (Lipinski definition) is 2. The van der Waals surface area contributed by atoms with Gasteiger partial charge in [-0.1, -0.05) is 43.0 Å². The smallest absolute Gasteiger partial charge is 0.351 e. The van der Waals surface area contributed by atoms with Crippen LogP contribution in [0.2, 0.25) is 5.02 Å². The van der Waals surface area contributed by atoms with Crippen LogP contribution in [0.3, 0.4) is 0 Å². The van der Waals surface area contributed by atoms with E-state index in [-0.39, 0.29) is 29.4 Å². The molecule has 0 bridgehead atoms. The minimum absolute atomic E-state index is 0.0662. The van der Waals surface area contributed by atoms with Crippen molar-refractivity contribution in [3.63, 3.8) is 0 Å². The van der Waals surface area contributed by atoms with Crippen LogP contribution in [-0.4, -0.2) is 55.8 Å². The Balaban J connectivity index is 1.41. The lowest BCUT2D eigenvalue weighted by atomic mass is 9.95. The van der Waals surface area contributed by atoms with Crippen molar-refractivity contribution in [1.29, 1.82) is 0 Å². The van der Waals surface area contributed by atoms with Gasteiger partial charge in [-0.2, -0.15) is 13.2 Å². The number of alkyl halides is 3. The van der Waals surface area contributed by atoms with Crippen molar-refractivity contribution >= 4 is 29.5 Å². The van der Waals surface area contributed by atoms with Crippen LogP contribution in [0.15, 0.2) is 36.9 Å². The van der Waals surface area contributed by atoms with Gasteiger partial charge in [0.05, 0.1) is 10.7 Å². The van der Waals surface area contributed by atoms with Crippen molar-refractivity contribution in [1.82, 2.24) is 29.1 Å². The fourth-order valence-electron chi connectivity index (χ4n) is 5.17. The van der Waals surface area contributed by atoms with Gasteiger partial charge < -0.3 is 15.2 Å². The number of imidazole rings is 1. The van der Waals surface area contributed by atoms with E-state index < -0.39 is 11.7 Å². The number of piperidine rings is 2. The molecule has 3 atom stereocenters. The van der Waals surface area contributed by atoms with Crippen LogP contribution in [0.5, 0.6) is 0 Å². The van der Waals surface area contributed by atoms with Crippen LogP contribution in [0.4, 0.5) is 19.1 Å². The van der Waals surface area contributed by atoms with Gasteiger partial charge in [0, 0.05) is 37.6 Å². The number of nitrogens with zero attached hydrogens (tertiary/aromatic N) is 5. The molecule has 0 amide bonds. The molecule has 4 heterocycles. The van der Waals surface area contributed by atoms with Crippen LogP contribution in [0.25, 0.3) is 17.1 Å². The monoisotopic (exact) mass is 565 g/mol. The van der Waals surface area contributed by atoms with Gasteiger partial charge >= 0.3 is 6.18 Å². The minimum Gasteiger partial charge on any atom is -0.351 e. The Kier molecular flexibility index (Phi) is 8.18.